The number of fused-ring (bicyclic) bond motifs is 1. The van der Waals surface area contributed by atoms with Gasteiger partial charge in [-0.15, -0.1) is 11.3 Å². The van der Waals surface area contributed by atoms with Crippen LogP contribution in [-0.4, -0.2) is 4.98 Å². The fourth-order valence-corrected chi connectivity index (χ4v) is 3.14. The number of pyridine rings is 1. The van der Waals surface area contributed by atoms with Gasteiger partial charge in [0.1, 0.15) is 0 Å². The van der Waals surface area contributed by atoms with Crippen molar-refractivity contribution in [3.8, 4) is 10.4 Å². The molecule has 2 aromatic heterocycles. The van der Waals surface area contributed by atoms with Gasteiger partial charge >= 0.3 is 0 Å². The summed E-state index contributed by atoms with van der Waals surface area (Å²) in [6, 6.07) is 11.3. The van der Waals surface area contributed by atoms with Crippen molar-refractivity contribution in [1.82, 2.24) is 4.98 Å². The van der Waals surface area contributed by atoms with Crippen LogP contribution in [0.3, 0.4) is 0 Å². The average Bonchev–Trinajstić information content (AvgIpc) is 2.98. The van der Waals surface area contributed by atoms with E-state index in [9.17, 15) is 4.79 Å². The van der Waals surface area contributed by atoms with E-state index in [1.165, 1.54) is 4.88 Å². The normalized spacial score (nSPS) is 10.5. The Balaban J connectivity index is 0.00000109. The van der Waals surface area contributed by atoms with Gasteiger partial charge in [0.2, 0.25) is 0 Å². The fraction of sp³-hybridized carbons (Fsp3) is 0.143. The molecule has 0 amide bonds. The van der Waals surface area contributed by atoms with Crippen LogP contribution in [0.1, 0.15) is 24.3 Å². The second kappa shape index (κ2) is 8.40. The number of hydrogen-bond donors (Lipinski definition) is 1. The van der Waals surface area contributed by atoms with Gasteiger partial charge in [-0.3, -0.25) is 9.78 Å². The molecule has 2 N–H and O–H groups in total. The van der Waals surface area contributed by atoms with Crippen molar-refractivity contribution in [1.29, 1.82) is 0 Å². The monoisotopic (exact) mass is 350 g/mol. The van der Waals surface area contributed by atoms with E-state index in [-0.39, 0.29) is 5.43 Å². The van der Waals surface area contributed by atoms with Crippen LogP contribution in [0.4, 0.5) is 0 Å². The minimum absolute atomic E-state index is 0.0603. The summed E-state index contributed by atoms with van der Waals surface area (Å²) in [4.78, 5) is 19.3. The maximum absolute atomic E-state index is 12.5. The first kappa shape index (κ1) is 18.6. The van der Waals surface area contributed by atoms with Gasteiger partial charge in [0.05, 0.1) is 5.52 Å². The first-order valence-corrected chi connectivity index (χ1v) is 8.98. The van der Waals surface area contributed by atoms with Crippen LogP contribution in [0, 0.1) is 6.92 Å². The number of aryl methyl sites for hydroxylation is 1. The molecule has 0 bridgehead atoms. The van der Waals surface area contributed by atoms with Crippen molar-refractivity contribution in [3.05, 3.63) is 81.6 Å². The third-order valence-electron chi connectivity index (χ3n) is 3.43. The van der Waals surface area contributed by atoms with Gasteiger partial charge in [-0.1, -0.05) is 32.6 Å². The Hall–Kier alpha value is -2.72. The van der Waals surface area contributed by atoms with Crippen molar-refractivity contribution in [3.63, 3.8) is 0 Å². The third-order valence-corrected chi connectivity index (χ3v) is 4.48. The molecule has 1 aromatic carbocycles. The molecule has 0 spiro atoms. The quantitative estimate of drug-likeness (QED) is 0.665. The van der Waals surface area contributed by atoms with Gasteiger partial charge in [0.15, 0.2) is 5.43 Å². The summed E-state index contributed by atoms with van der Waals surface area (Å²) in [5.41, 5.74) is 8.33. The lowest BCUT2D eigenvalue weighted by Crippen LogP contribution is -1.97. The van der Waals surface area contributed by atoms with E-state index in [1.807, 2.05) is 38.2 Å². The van der Waals surface area contributed by atoms with Gasteiger partial charge in [0, 0.05) is 32.6 Å². The molecule has 3 rings (SSSR count). The Kier molecular flexibility index (Phi) is 6.25. The molecule has 2 heterocycles. The summed E-state index contributed by atoms with van der Waals surface area (Å²) in [7, 11) is 0. The molecular weight excluding hydrogens is 328 g/mol. The molecule has 0 saturated heterocycles. The predicted molar refractivity (Wildman–Crippen MR) is 110 cm³/mol. The Morgan fingerprint density at radius 1 is 1.20 bits per heavy atom. The number of nitrogens with two attached hydrogens (primary N) is 1. The topological polar surface area (TPSA) is 56.0 Å². The van der Waals surface area contributed by atoms with Gasteiger partial charge in [-0.25, -0.2) is 0 Å². The molecule has 25 heavy (non-hydrogen) atoms. The van der Waals surface area contributed by atoms with E-state index >= 15 is 0 Å². The van der Waals surface area contributed by atoms with Crippen molar-refractivity contribution in [2.75, 3.05) is 0 Å². The number of hydrogen-bond acceptors (Lipinski definition) is 4. The molecule has 0 atom stereocenters. The highest BCUT2D eigenvalue weighted by molar-refractivity contribution is 7.15. The summed E-state index contributed by atoms with van der Waals surface area (Å²) < 4.78 is 0. The van der Waals surface area contributed by atoms with Gasteiger partial charge in [-0.05, 0) is 48.9 Å². The third kappa shape index (κ3) is 4.64. The fourth-order valence-electron chi connectivity index (χ4n) is 2.29. The second-order valence-electron chi connectivity index (χ2n) is 5.32. The Labute approximate surface area is 152 Å². The van der Waals surface area contributed by atoms with Gasteiger partial charge in [0.25, 0.3) is 0 Å². The molecule has 0 radical (unpaired) electrons. The lowest BCUT2D eigenvalue weighted by atomic mass is 10.2. The van der Waals surface area contributed by atoms with E-state index < -0.39 is 0 Å². The highest BCUT2D eigenvalue weighted by Gasteiger charge is 2.05. The van der Waals surface area contributed by atoms with Crippen LogP contribution in [0.15, 0.2) is 65.7 Å². The van der Waals surface area contributed by atoms with Crippen LogP contribution >= 0.6 is 11.3 Å². The summed E-state index contributed by atoms with van der Waals surface area (Å²) in [5.74, 6) is 0. The Bertz CT molecular complexity index is 987. The summed E-state index contributed by atoms with van der Waals surface area (Å²) in [6.07, 6.45) is 5.25. The molecule has 0 fully saturated rings. The van der Waals surface area contributed by atoms with Crippen LogP contribution in [0.5, 0.6) is 0 Å². The number of thiophene rings is 1. The lowest BCUT2D eigenvalue weighted by molar-refractivity contribution is 1.42. The molecule has 0 unspecified atom stereocenters. The van der Waals surface area contributed by atoms with Crippen LogP contribution in [0.2, 0.25) is 0 Å². The van der Waals surface area contributed by atoms with Gasteiger partial charge < -0.3 is 5.73 Å². The molecule has 0 aliphatic rings. The van der Waals surface area contributed by atoms with Crippen molar-refractivity contribution < 1.29 is 0 Å². The maximum Gasteiger partial charge on any atom is 0.188 e. The van der Waals surface area contributed by atoms with E-state index in [0.717, 1.165) is 16.0 Å². The molecule has 0 saturated carbocycles. The van der Waals surface area contributed by atoms with Crippen LogP contribution < -0.4 is 11.2 Å². The highest BCUT2D eigenvalue weighted by Crippen LogP contribution is 2.28. The maximum atomic E-state index is 12.5. The minimum Gasteiger partial charge on any atom is -0.399 e. The number of nitrogens with zero attached hydrogens (tertiary/aromatic N) is 1. The predicted octanol–water partition coefficient (Wildman–Crippen LogP) is 5.14. The zero-order valence-corrected chi connectivity index (χ0v) is 15.6. The van der Waals surface area contributed by atoms with E-state index in [2.05, 4.69) is 30.6 Å². The first-order chi connectivity index (χ1) is 12.0. The van der Waals surface area contributed by atoms with Crippen molar-refractivity contribution in [2.24, 2.45) is 5.73 Å². The van der Waals surface area contributed by atoms with Crippen LogP contribution in [-0.2, 0) is 0 Å². The summed E-state index contributed by atoms with van der Waals surface area (Å²) >= 11 is 1.69. The molecule has 0 aliphatic carbocycles. The summed E-state index contributed by atoms with van der Waals surface area (Å²) in [6.45, 7) is 9.67. The zero-order valence-electron chi connectivity index (χ0n) is 14.7. The molecule has 4 heteroatoms. The zero-order chi connectivity index (χ0) is 18.4. The van der Waals surface area contributed by atoms with E-state index in [1.54, 1.807) is 29.6 Å². The highest BCUT2D eigenvalue weighted by atomic mass is 32.1. The van der Waals surface area contributed by atoms with Crippen molar-refractivity contribution >= 4 is 28.3 Å². The summed E-state index contributed by atoms with van der Waals surface area (Å²) in [5, 5.41) is 0.611. The second-order valence-corrected chi connectivity index (χ2v) is 6.61. The van der Waals surface area contributed by atoms with Crippen molar-refractivity contribution in [2.45, 2.75) is 20.8 Å². The number of allylic oxidation sites excluding steroid dienone is 1. The lowest BCUT2D eigenvalue weighted by Gasteiger charge is -1.97. The SMILES string of the molecule is C=C(N)/C=C\c1ccc2ncc(-c3ccc(C)s3)cc2c(=O)c1.CC. The van der Waals surface area contributed by atoms with Crippen LogP contribution in [0.25, 0.3) is 27.4 Å². The smallest absolute Gasteiger partial charge is 0.188 e. The van der Waals surface area contributed by atoms with Gasteiger partial charge in [-0.2, -0.15) is 0 Å². The minimum atomic E-state index is -0.0603. The molecule has 3 nitrogen and oxygen atoms in total. The van der Waals surface area contributed by atoms with E-state index in [4.69, 9.17) is 5.73 Å². The Morgan fingerprint density at radius 2 is 1.96 bits per heavy atom. The molecule has 128 valence electrons. The first-order valence-electron chi connectivity index (χ1n) is 8.16. The standard InChI is InChI=1S/C19H16N2OS.C2H6/c1-12(20)3-5-14-6-7-17-16(18(22)9-14)10-15(11-21-17)19-8-4-13(2)23-19;1-2/h3-11H,1,20H2,2H3;1-2H3/b5-3-;. The molecule has 3 aromatic rings. The average molecular weight is 350 g/mol. The largest absolute Gasteiger partial charge is 0.399 e. The number of rotatable bonds is 3. The molecule has 0 aliphatic heterocycles. The number of aromatic nitrogens is 1. The Morgan fingerprint density at radius 3 is 2.60 bits per heavy atom. The molecular formula is C21H22N2OS. The van der Waals surface area contributed by atoms with E-state index in [0.29, 0.717) is 16.6 Å².